The largest absolute Gasteiger partial charge is 0.439 e. The van der Waals surface area contributed by atoms with E-state index in [2.05, 4.69) is 9.71 Å². The van der Waals surface area contributed by atoms with E-state index in [-0.39, 0.29) is 29.3 Å². The highest BCUT2D eigenvalue weighted by atomic mass is 32.2. The molecule has 1 N–H and O–H groups in total. The number of hydrogen-bond donors (Lipinski definition) is 1. The summed E-state index contributed by atoms with van der Waals surface area (Å²) in [4.78, 5) is 17.8. The van der Waals surface area contributed by atoms with Gasteiger partial charge >= 0.3 is 0 Å². The van der Waals surface area contributed by atoms with Crippen LogP contribution in [0.4, 0.5) is 10.1 Å². The van der Waals surface area contributed by atoms with Gasteiger partial charge in [-0.25, -0.2) is 22.5 Å². The normalized spacial score (nSPS) is 15.5. The molecule has 32 heavy (non-hydrogen) atoms. The number of ether oxygens (including phenoxy) is 1. The van der Waals surface area contributed by atoms with Crippen molar-refractivity contribution in [1.29, 1.82) is 0 Å². The summed E-state index contributed by atoms with van der Waals surface area (Å²) in [6.45, 7) is 3.48. The maximum absolute atomic E-state index is 13.3. The number of pyridine rings is 1. The molecule has 1 aliphatic rings. The Morgan fingerprint density at radius 1 is 1.22 bits per heavy atom. The van der Waals surface area contributed by atoms with Crippen molar-refractivity contribution in [1.82, 2.24) is 9.71 Å². The molecule has 3 aromatic rings. The van der Waals surface area contributed by atoms with Crippen molar-refractivity contribution in [3.05, 3.63) is 77.7 Å². The van der Waals surface area contributed by atoms with Crippen LogP contribution in [0.15, 0.2) is 65.7 Å². The molecule has 7 nitrogen and oxygen atoms in total. The van der Waals surface area contributed by atoms with Crippen molar-refractivity contribution in [2.24, 2.45) is 0 Å². The SMILES string of the molecule is CC(=O)N1c2ccc(S(=O)(=O)NCc3ccc(Oc4cccc(F)c4)nc3)cc2CC1C. The Morgan fingerprint density at radius 2 is 2.03 bits per heavy atom. The summed E-state index contributed by atoms with van der Waals surface area (Å²) in [6, 6.07) is 13.8. The fourth-order valence-electron chi connectivity index (χ4n) is 3.74. The van der Waals surface area contributed by atoms with E-state index in [1.165, 1.54) is 37.4 Å². The molecule has 1 aromatic heterocycles. The highest BCUT2D eigenvalue weighted by Gasteiger charge is 2.30. The monoisotopic (exact) mass is 455 g/mol. The number of hydrogen-bond acceptors (Lipinski definition) is 5. The lowest BCUT2D eigenvalue weighted by atomic mass is 10.1. The van der Waals surface area contributed by atoms with Crippen LogP contribution >= 0.6 is 0 Å². The zero-order chi connectivity index (χ0) is 22.9. The summed E-state index contributed by atoms with van der Waals surface area (Å²) >= 11 is 0. The van der Waals surface area contributed by atoms with E-state index in [1.807, 2.05) is 6.92 Å². The fraction of sp³-hybridized carbons (Fsp3) is 0.217. The van der Waals surface area contributed by atoms with Gasteiger partial charge in [0.05, 0.1) is 4.90 Å². The van der Waals surface area contributed by atoms with Gasteiger partial charge in [-0.15, -0.1) is 0 Å². The standard InChI is InChI=1S/C23H22FN3O4S/c1-15-10-18-11-21(7-8-22(18)27(15)16(2)28)32(29,30)26-14-17-6-9-23(25-13-17)31-20-5-3-4-19(24)12-20/h3-9,11-13,15,26H,10,14H2,1-2H3. The van der Waals surface area contributed by atoms with Gasteiger partial charge in [0.25, 0.3) is 0 Å². The van der Waals surface area contributed by atoms with Crippen LogP contribution in [0, 0.1) is 5.82 Å². The molecule has 166 valence electrons. The van der Waals surface area contributed by atoms with Gasteiger partial charge in [0, 0.05) is 43.5 Å². The van der Waals surface area contributed by atoms with Crippen LogP contribution in [-0.2, 0) is 27.8 Å². The molecule has 0 saturated carbocycles. The topological polar surface area (TPSA) is 88.6 Å². The van der Waals surface area contributed by atoms with E-state index >= 15 is 0 Å². The second-order valence-corrected chi connectivity index (χ2v) is 9.39. The number of fused-ring (bicyclic) bond motifs is 1. The molecule has 2 aromatic carbocycles. The second-order valence-electron chi connectivity index (χ2n) is 7.62. The third-order valence-corrected chi connectivity index (χ3v) is 6.60. The minimum absolute atomic E-state index is 0.00685. The summed E-state index contributed by atoms with van der Waals surface area (Å²) in [5, 5.41) is 0. The second kappa shape index (κ2) is 8.68. The van der Waals surface area contributed by atoms with E-state index in [0.29, 0.717) is 17.7 Å². The zero-order valence-electron chi connectivity index (χ0n) is 17.6. The van der Waals surface area contributed by atoms with Gasteiger partial charge in [0.2, 0.25) is 21.8 Å². The van der Waals surface area contributed by atoms with Gasteiger partial charge in [0.1, 0.15) is 11.6 Å². The molecule has 4 rings (SSSR count). The molecule has 9 heteroatoms. The predicted octanol–water partition coefficient (Wildman–Crippen LogP) is 3.79. The Labute approximate surface area is 185 Å². The minimum atomic E-state index is -3.75. The summed E-state index contributed by atoms with van der Waals surface area (Å²) in [7, 11) is -3.75. The Kier molecular flexibility index (Phi) is 5.94. The molecule has 0 bridgehead atoms. The number of benzene rings is 2. The minimum Gasteiger partial charge on any atom is -0.439 e. The van der Waals surface area contributed by atoms with Crippen molar-refractivity contribution in [3.63, 3.8) is 0 Å². The average molecular weight is 456 g/mol. The number of carbonyl (C=O) groups is 1. The molecule has 0 fully saturated rings. The van der Waals surface area contributed by atoms with Crippen molar-refractivity contribution in [2.75, 3.05) is 4.90 Å². The fourth-order valence-corrected chi connectivity index (χ4v) is 4.81. The van der Waals surface area contributed by atoms with Crippen molar-refractivity contribution in [2.45, 2.75) is 37.8 Å². The molecule has 1 aliphatic heterocycles. The Balaban J connectivity index is 1.42. The maximum Gasteiger partial charge on any atom is 0.240 e. The predicted molar refractivity (Wildman–Crippen MR) is 118 cm³/mol. The van der Waals surface area contributed by atoms with Crippen LogP contribution in [-0.4, -0.2) is 25.4 Å². The van der Waals surface area contributed by atoms with Crippen LogP contribution < -0.4 is 14.4 Å². The van der Waals surface area contributed by atoms with Crippen molar-refractivity contribution in [3.8, 4) is 11.6 Å². The lowest BCUT2D eigenvalue weighted by molar-refractivity contribution is -0.116. The van der Waals surface area contributed by atoms with Crippen LogP contribution in [0.25, 0.3) is 0 Å². The molecule has 0 aliphatic carbocycles. The molecular formula is C23H22FN3O4S. The molecule has 0 spiro atoms. The van der Waals surface area contributed by atoms with Crippen LogP contribution in [0.5, 0.6) is 11.6 Å². The number of anilines is 1. The third kappa shape index (κ3) is 4.63. The first kappa shape index (κ1) is 21.9. The molecule has 0 saturated heterocycles. The lowest BCUT2D eigenvalue weighted by Gasteiger charge is -2.20. The first-order chi connectivity index (χ1) is 15.2. The Bertz CT molecular complexity index is 1260. The summed E-state index contributed by atoms with van der Waals surface area (Å²) in [5.41, 5.74) is 2.22. The Morgan fingerprint density at radius 3 is 2.72 bits per heavy atom. The van der Waals surface area contributed by atoms with Gasteiger partial charge in [-0.1, -0.05) is 12.1 Å². The zero-order valence-corrected chi connectivity index (χ0v) is 18.4. The lowest BCUT2D eigenvalue weighted by Crippen LogP contribution is -2.33. The Hall–Kier alpha value is -3.30. The van der Waals surface area contributed by atoms with E-state index in [4.69, 9.17) is 4.74 Å². The van der Waals surface area contributed by atoms with Gasteiger partial charge in [-0.2, -0.15) is 0 Å². The van der Waals surface area contributed by atoms with E-state index in [9.17, 15) is 17.6 Å². The molecule has 1 unspecified atom stereocenters. The van der Waals surface area contributed by atoms with Gasteiger partial charge in [0.15, 0.2) is 0 Å². The van der Waals surface area contributed by atoms with Crippen molar-refractivity contribution < 1.29 is 22.3 Å². The maximum atomic E-state index is 13.3. The summed E-state index contributed by atoms with van der Waals surface area (Å²) in [5.74, 6) is 0.107. The van der Waals surface area contributed by atoms with E-state index in [0.717, 1.165) is 11.3 Å². The van der Waals surface area contributed by atoms with Crippen molar-refractivity contribution >= 4 is 21.6 Å². The number of halogens is 1. The number of nitrogens with one attached hydrogen (secondary N) is 1. The number of aromatic nitrogens is 1. The quantitative estimate of drug-likeness (QED) is 0.611. The van der Waals surface area contributed by atoms with E-state index in [1.54, 1.807) is 35.2 Å². The first-order valence-corrected chi connectivity index (χ1v) is 11.5. The number of rotatable bonds is 6. The number of sulfonamides is 1. The van der Waals surface area contributed by atoms with Crippen LogP contribution in [0.1, 0.15) is 25.0 Å². The highest BCUT2D eigenvalue weighted by molar-refractivity contribution is 7.89. The smallest absolute Gasteiger partial charge is 0.240 e. The molecular weight excluding hydrogens is 433 g/mol. The molecule has 1 amide bonds. The van der Waals surface area contributed by atoms with Crippen LogP contribution in [0.3, 0.4) is 0 Å². The number of amides is 1. The van der Waals surface area contributed by atoms with Gasteiger partial charge in [-0.3, -0.25) is 4.79 Å². The van der Waals surface area contributed by atoms with E-state index < -0.39 is 15.8 Å². The van der Waals surface area contributed by atoms with Gasteiger partial charge < -0.3 is 9.64 Å². The number of carbonyl (C=O) groups excluding carboxylic acids is 1. The van der Waals surface area contributed by atoms with Crippen LogP contribution in [0.2, 0.25) is 0 Å². The third-order valence-electron chi connectivity index (χ3n) is 5.20. The van der Waals surface area contributed by atoms with Gasteiger partial charge in [-0.05, 0) is 54.8 Å². The molecule has 0 radical (unpaired) electrons. The highest BCUT2D eigenvalue weighted by Crippen LogP contribution is 2.33. The summed E-state index contributed by atoms with van der Waals surface area (Å²) < 4.78 is 46.8. The molecule has 1 atom stereocenters. The number of nitrogens with zero attached hydrogens (tertiary/aromatic N) is 2. The average Bonchev–Trinajstić information content (AvgIpc) is 3.08. The first-order valence-electron chi connectivity index (χ1n) is 10.0. The summed E-state index contributed by atoms with van der Waals surface area (Å²) in [6.07, 6.45) is 2.10. The molecule has 2 heterocycles.